The fourth-order valence-electron chi connectivity index (χ4n) is 2.55. The monoisotopic (exact) mass is 256 g/mol. The minimum absolute atomic E-state index is 0.0692. The molecule has 0 aliphatic heterocycles. The van der Waals surface area contributed by atoms with Gasteiger partial charge in [-0.05, 0) is 36.0 Å². The highest BCUT2D eigenvalue weighted by atomic mass is 16.1. The topological polar surface area (TPSA) is 52.9 Å². The van der Waals surface area contributed by atoms with Gasteiger partial charge in [0.05, 0.1) is 6.07 Å². The van der Waals surface area contributed by atoms with E-state index >= 15 is 0 Å². The minimum atomic E-state index is -0.197. The van der Waals surface area contributed by atoms with Crippen molar-refractivity contribution >= 4 is 5.91 Å². The van der Waals surface area contributed by atoms with Crippen LogP contribution in [-0.4, -0.2) is 12.5 Å². The van der Waals surface area contributed by atoms with E-state index in [1.54, 1.807) is 0 Å². The Morgan fingerprint density at radius 1 is 1.37 bits per heavy atom. The minimum Gasteiger partial charge on any atom is -0.354 e. The Morgan fingerprint density at radius 3 is 2.84 bits per heavy atom. The summed E-state index contributed by atoms with van der Waals surface area (Å²) in [6.45, 7) is 4.80. The third-order valence-electron chi connectivity index (χ3n) is 3.85. The Labute approximate surface area is 114 Å². The molecule has 0 atom stereocenters. The van der Waals surface area contributed by atoms with Crippen LogP contribution in [0.25, 0.3) is 0 Å². The first kappa shape index (κ1) is 13.6. The van der Waals surface area contributed by atoms with E-state index in [1.165, 1.54) is 36.0 Å². The zero-order valence-corrected chi connectivity index (χ0v) is 11.6. The van der Waals surface area contributed by atoms with Gasteiger partial charge in [0.25, 0.3) is 0 Å². The number of nitrogens with zero attached hydrogens (tertiary/aromatic N) is 1. The lowest BCUT2D eigenvalue weighted by Gasteiger charge is -2.26. The van der Waals surface area contributed by atoms with Crippen molar-refractivity contribution in [2.45, 2.75) is 44.9 Å². The van der Waals surface area contributed by atoms with Crippen molar-refractivity contribution in [1.29, 1.82) is 5.26 Å². The van der Waals surface area contributed by atoms with Crippen LogP contribution in [0.2, 0.25) is 0 Å². The number of carbonyl (C=O) groups is 1. The second-order valence-electron chi connectivity index (χ2n) is 5.83. The fourth-order valence-corrected chi connectivity index (χ4v) is 2.55. The maximum Gasteiger partial charge on any atom is 0.234 e. The molecule has 0 heterocycles. The number of rotatable bonds is 4. The Balaban J connectivity index is 2.07. The number of carbonyl (C=O) groups excluding carboxylic acids is 1. The lowest BCUT2D eigenvalue weighted by atomic mass is 9.83. The van der Waals surface area contributed by atoms with Gasteiger partial charge in [-0.2, -0.15) is 5.26 Å². The van der Waals surface area contributed by atoms with Gasteiger partial charge in [-0.25, -0.2) is 0 Å². The lowest BCUT2D eigenvalue weighted by molar-refractivity contribution is -0.120. The van der Waals surface area contributed by atoms with E-state index < -0.39 is 0 Å². The number of benzene rings is 1. The molecular formula is C16H20N2O. The van der Waals surface area contributed by atoms with Gasteiger partial charge in [-0.3, -0.25) is 4.79 Å². The molecular weight excluding hydrogens is 236 g/mol. The molecule has 3 heteroatoms. The number of fused-ring (bicyclic) bond motifs is 1. The summed E-state index contributed by atoms with van der Waals surface area (Å²) < 4.78 is 0. The summed E-state index contributed by atoms with van der Waals surface area (Å²) in [4.78, 5) is 11.4. The molecule has 0 aromatic heterocycles. The Hall–Kier alpha value is -1.82. The van der Waals surface area contributed by atoms with E-state index in [0.717, 1.165) is 0 Å². The van der Waals surface area contributed by atoms with Crippen molar-refractivity contribution in [1.82, 2.24) is 5.32 Å². The van der Waals surface area contributed by atoms with Crippen LogP contribution >= 0.6 is 0 Å². The van der Waals surface area contributed by atoms with E-state index in [1.807, 2.05) is 6.07 Å². The van der Waals surface area contributed by atoms with E-state index in [9.17, 15) is 4.79 Å². The van der Waals surface area contributed by atoms with Crippen LogP contribution in [0.5, 0.6) is 0 Å². The first-order valence-corrected chi connectivity index (χ1v) is 6.79. The van der Waals surface area contributed by atoms with Gasteiger partial charge >= 0.3 is 0 Å². The number of amides is 1. The van der Waals surface area contributed by atoms with Crippen LogP contribution in [0.15, 0.2) is 18.2 Å². The summed E-state index contributed by atoms with van der Waals surface area (Å²) >= 11 is 0. The van der Waals surface area contributed by atoms with Gasteiger partial charge in [0, 0.05) is 12.0 Å². The van der Waals surface area contributed by atoms with Gasteiger partial charge in [-0.15, -0.1) is 0 Å². The standard InChI is InChI=1S/C16H20N2O/c1-16(2,11-18-15(19)8-9-17)14-7-6-12-4-3-5-13(12)10-14/h6-7,10H,3-5,8,11H2,1-2H3,(H,18,19). The number of aryl methyl sites for hydroxylation is 2. The molecule has 100 valence electrons. The first-order valence-electron chi connectivity index (χ1n) is 6.79. The van der Waals surface area contributed by atoms with Crippen LogP contribution in [0.4, 0.5) is 0 Å². The van der Waals surface area contributed by atoms with Crippen LogP contribution in [0.3, 0.4) is 0 Å². The van der Waals surface area contributed by atoms with Gasteiger partial charge < -0.3 is 5.32 Å². The lowest BCUT2D eigenvalue weighted by Crippen LogP contribution is -2.36. The van der Waals surface area contributed by atoms with Crippen LogP contribution in [0, 0.1) is 11.3 Å². The molecule has 1 N–H and O–H groups in total. The summed E-state index contributed by atoms with van der Waals surface area (Å²) in [6, 6.07) is 8.53. The second-order valence-corrected chi connectivity index (χ2v) is 5.83. The van der Waals surface area contributed by atoms with Gasteiger partial charge in [0.2, 0.25) is 5.91 Å². The molecule has 0 saturated heterocycles. The summed E-state index contributed by atoms with van der Waals surface area (Å²) in [5, 5.41) is 11.3. The van der Waals surface area contributed by atoms with E-state index in [0.29, 0.717) is 6.54 Å². The molecule has 0 radical (unpaired) electrons. The Bertz CT molecular complexity index is 526. The molecule has 0 fully saturated rings. The normalized spacial score (nSPS) is 13.7. The first-order chi connectivity index (χ1) is 9.03. The fraction of sp³-hybridized carbons (Fsp3) is 0.500. The SMILES string of the molecule is CC(C)(CNC(=O)CC#N)c1ccc2c(c1)CCC2. The van der Waals surface area contributed by atoms with Crippen LogP contribution in [-0.2, 0) is 23.1 Å². The van der Waals surface area contributed by atoms with Crippen molar-refractivity contribution in [2.24, 2.45) is 0 Å². The number of nitriles is 1. The average molecular weight is 256 g/mol. The van der Waals surface area contributed by atoms with E-state index in [4.69, 9.17) is 5.26 Å². The molecule has 1 amide bonds. The zero-order chi connectivity index (χ0) is 13.9. The third-order valence-corrected chi connectivity index (χ3v) is 3.85. The molecule has 1 aromatic rings. The molecule has 1 aromatic carbocycles. The molecule has 0 bridgehead atoms. The van der Waals surface area contributed by atoms with Crippen molar-refractivity contribution < 1.29 is 4.79 Å². The third kappa shape index (κ3) is 3.14. The smallest absolute Gasteiger partial charge is 0.234 e. The summed E-state index contributed by atoms with van der Waals surface area (Å²) in [7, 11) is 0. The predicted octanol–water partition coefficient (Wildman–Crippen LogP) is 2.48. The van der Waals surface area contributed by atoms with Gasteiger partial charge in [-0.1, -0.05) is 32.0 Å². The number of nitrogens with one attached hydrogen (secondary N) is 1. The van der Waals surface area contributed by atoms with E-state index in [2.05, 4.69) is 37.4 Å². The maximum absolute atomic E-state index is 11.4. The highest BCUT2D eigenvalue weighted by Crippen LogP contribution is 2.29. The quantitative estimate of drug-likeness (QED) is 0.899. The highest BCUT2D eigenvalue weighted by molar-refractivity contribution is 5.78. The zero-order valence-electron chi connectivity index (χ0n) is 11.6. The van der Waals surface area contributed by atoms with Crippen molar-refractivity contribution in [3.63, 3.8) is 0 Å². The van der Waals surface area contributed by atoms with Gasteiger partial charge in [0.15, 0.2) is 0 Å². The Kier molecular flexibility index (Phi) is 3.90. The van der Waals surface area contributed by atoms with Crippen molar-refractivity contribution in [3.05, 3.63) is 34.9 Å². The molecule has 19 heavy (non-hydrogen) atoms. The highest BCUT2D eigenvalue weighted by Gasteiger charge is 2.23. The van der Waals surface area contributed by atoms with Gasteiger partial charge in [0.1, 0.15) is 6.42 Å². The molecule has 3 nitrogen and oxygen atoms in total. The summed E-state index contributed by atoms with van der Waals surface area (Å²) in [6.07, 6.45) is 3.54. The predicted molar refractivity (Wildman–Crippen MR) is 74.7 cm³/mol. The summed E-state index contributed by atoms with van der Waals surface area (Å²) in [5.41, 5.74) is 4.07. The summed E-state index contributed by atoms with van der Waals surface area (Å²) in [5.74, 6) is -0.197. The maximum atomic E-state index is 11.4. The second kappa shape index (κ2) is 5.44. The molecule has 1 aliphatic carbocycles. The molecule has 0 spiro atoms. The van der Waals surface area contributed by atoms with E-state index in [-0.39, 0.29) is 17.7 Å². The molecule has 0 unspecified atom stereocenters. The molecule has 1 aliphatic rings. The molecule has 2 rings (SSSR count). The van der Waals surface area contributed by atoms with Crippen molar-refractivity contribution in [2.75, 3.05) is 6.54 Å². The van der Waals surface area contributed by atoms with Crippen molar-refractivity contribution in [3.8, 4) is 6.07 Å². The largest absolute Gasteiger partial charge is 0.354 e. The number of hydrogen-bond acceptors (Lipinski definition) is 2. The molecule has 0 saturated carbocycles. The average Bonchev–Trinajstić information content (AvgIpc) is 2.84. The Morgan fingerprint density at radius 2 is 2.11 bits per heavy atom. The number of hydrogen-bond donors (Lipinski definition) is 1. The van der Waals surface area contributed by atoms with Crippen LogP contribution < -0.4 is 5.32 Å². The van der Waals surface area contributed by atoms with Crippen LogP contribution in [0.1, 0.15) is 43.4 Å².